The molecule has 0 aromatic carbocycles. The quantitative estimate of drug-likeness (QED) is 0.605. The smallest absolute Gasteiger partial charge is 0.166 e. The number of hydrogen-bond acceptors (Lipinski definition) is 3. The maximum Gasteiger partial charge on any atom is 0.166 e. The average molecular weight is 248 g/mol. The molecule has 0 amide bonds. The summed E-state index contributed by atoms with van der Waals surface area (Å²) in [5.41, 5.74) is 0.671. The lowest BCUT2D eigenvalue weighted by Crippen LogP contribution is -2.37. The van der Waals surface area contributed by atoms with E-state index in [1.54, 1.807) is 6.07 Å². The van der Waals surface area contributed by atoms with Gasteiger partial charge in [-0.2, -0.15) is 0 Å². The number of rotatable bonds is 4. The summed E-state index contributed by atoms with van der Waals surface area (Å²) >= 11 is 0. The van der Waals surface area contributed by atoms with Crippen LogP contribution in [0.1, 0.15) is 49.9 Å². The van der Waals surface area contributed by atoms with Crippen molar-refractivity contribution in [1.29, 1.82) is 0 Å². The van der Waals surface area contributed by atoms with E-state index < -0.39 is 0 Å². The third kappa shape index (κ3) is 2.55. The minimum Gasteiger partial charge on any atom is -0.472 e. The zero-order valence-electron chi connectivity index (χ0n) is 11.0. The molecule has 3 nitrogen and oxygen atoms in total. The maximum atomic E-state index is 12.1. The van der Waals surface area contributed by atoms with Crippen molar-refractivity contribution >= 4 is 12.1 Å². The number of ketones is 1. The SMILES string of the molecule is CC1(C)CCC[C@@H](C=O)[C@H]1CC(=O)c1ccoc1. The summed E-state index contributed by atoms with van der Waals surface area (Å²) in [4.78, 5) is 23.3. The first-order valence-corrected chi connectivity index (χ1v) is 6.55. The molecular weight excluding hydrogens is 228 g/mol. The lowest BCUT2D eigenvalue weighted by Gasteiger charge is -2.41. The van der Waals surface area contributed by atoms with Crippen LogP contribution in [0.3, 0.4) is 0 Å². The van der Waals surface area contributed by atoms with E-state index in [1.165, 1.54) is 12.5 Å². The predicted octanol–water partition coefficient (Wildman–Crippen LogP) is 3.49. The molecule has 0 radical (unpaired) electrons. The van der Waals surface area contributed by atoms with Crippen LogP contribution >= 0.6 is 0 Å². The second-order valence-corrected chi connectivity index (χ2v) is 5.93. The zero-order valence-corrected chi connectivity index (χ0v) is 11.0. The minimum atomic E-state index is 0.0181. The largest absolute Gasteiger partial charge is 0.472 e. The third-order valence-electron chi connectivity index (χ3n) is 4.30. The van der Waals surface area contributed by atoms with Gasteiger partial charge in [-0.25, -0.2) is 0 Å². The Kier molecular flexibility index (Phi) is 3.69. The van der Waals surface area contributed by atoms with Gasteiger partial charge in [0.2, 0.25) is 0 Å². The Balaban J connectivity index is 2.13. The second kappa shape index (κ2) is 5.09. The normalized spacial score (nSPS) is 26.8. The van der Waals surface area contributed by atoms with Crippen LogP contribution in [0.5, 0.6) is 0 Å². The molecule has 1 aliphatic rings. The molecule has 1 saturated carbocycles. The van der Waals surface area contributed by atoms with E-state index in [2.05, 4.69) is 13.8 Å². The Bertz CT molecular complexity index is 417. The van der Waals surface area contributed by atoms with E-state index >= 15 is 0 Å². The predicted molar refractivity (Wildman–Crippen MR) is 68.3 cm³/mol. The number of carbonyl (C=O) groups excluding carboxylic acids is 2. The molecule has 0 saturated heterocycles. The molecule has 3 heteroatoms. The lowest BCUT2D eigenvalue weighted by molar-refractivity contribution is -0.115. The highest BCUT2D eigenvalue weighted by atomic mass is 16.3. The van der Waals surface area contributed by atoms with Crippen molar-refractivity contribution in [3.63, 3.8) is 0 Å². The summed E-state index contributed by atoms with van der Waals surface area (Å²) in [5.74, 6) is 0.242. The highest BCUT2D eigenvalue weighted by molar-refractivity contribution is 5.96. The molecule has 2 atom stereocenters. The van der Waals surface area contributed by atoms with Crippen molar-refractivity contribution in [3.05, 3.63) is 24.2 Å². The molecular formula is C15H20O3. The van der Waals surface area contributed by atoms with Crippen LogP contribution in [-0.2, 0) is 4.79 Å². The fourth-order valence-corrected chi connectivity index (χ4v) is 3.09. The molecule has 0 bridgehead atoms. The topological polar surface area (TPSA) is 47.3 Å². The number of aldehydes is 1. The van der Waals surface area contributed by atoms with Gasteiger partial charge in [0.15, 0.2) is 5.78 Å². The lowest BCUT2D eigenvalue weighted by atomic mass is 9.62. The summed E-state index contributed by atoms with van der Waals surface area (Å²) in [6, 6.07) is 1.69. The molecule has 0 aliphatic heterocycles. The van der Waals surface area contributed by atoms with Crippen LogP contribution in [0.15, 0.2) is 23.0 Å². The van der Waals surface area contributed by atoms with E-state index in [0.29, 0.717) is 12.0 Å². The number of carbonyl (C=O) groups is 2. The minimum absolute atomic E-state index is 0.0181. The van der Waals surface area contributed by atoms with E-state index in [4.69, 9.17) is 4.42 Å². The van der Waals surface area contributed by atoms with E-state index in [1.807, 2.05) is 0 Å². The summed E-state index contributed by atoms with van der Waals surface area (Å²) < 4.78 is 4.94. The van der Waals surface area contributed by atoms with Gasteiger partial charge in [0.25, 0.3) is 0 Å². The van der Waals surface area contributed by atoms with Crippen LogP contribution in [-0.4, -0.2) is 12.1 Å². The van der Waals surface area contributed by atoms with Crippen molar-refractivity contribution < 1.29 is 14.0 Å². The van der Waals surface area contributed by atoms with Gasteiger partial charge in [0.1, 0.15) is 12.5 Å². The third-order valence-corrected chi connectivity index (χ3v) is 4.30. The van der Waals surface area contributed by atoms with Gasteiger partial charge in [0.05, 0.1) is 11.8 Å². The van der Waals surface area contributed by atoms with Crippen molar-refractivity contribution in [2.45, 2.75) is 39.5 Å². The van der Waals surface area contributed by atoms with E-state index in [9.17, 15) is 9.59 Å². The van der Waals surface area contributed by atoms with Gasteiger partial charge in [-0.05, 0) is 30.2 Å². The molecule has 98 valence electrons. The molecule has 1 aliphatic carbocycles. The molecule has 1 aromatic rings. The molecule has 2 rings (SSSR count). The Hall–Kier alpha value is -1.38. The standard InChI is InChI=1S/C15H20O3/c1-15(2)6-3-4-11(9-16)13(15)8-14(17)12-5-7-18-10-12/h5,7,9-11,13H,3-4,6,8H2,1-2H3/t11-,13+/m0/s1. The van der Waals surface area contributed by atoms with Crippen LogP contribution in [0.2, 0.25) is 0 Å². The molecule has 0 N–H and O–H groups in total. The van der Waals surface area contributed by atoms with Gasteiger partial charge in [-0.15, -0.1) is 0 Å². The summed E-state index contributed by atoms with van der Waals surface area (Å²) in [5, 5.41) is 0. The zero-order chi connectivity index (χ0) is 13.2. The second-order valence-electron chi connectivity index (χ2n) is 5.93. The Labute approximate surface area is 108 Å². The maximum absolute atomic E-state index is 12.1. The van der Waals surface area contributed by atoms with Gasteiger partial charge < -0.3 is 9.21 Å². The fourth-order valence-electron chi connectivity index (χ4n) is 3.09. The first kappa shape index (κ1) is 13.1. The molecule has 1 fully saturated rings. The van der Waals surface area contributed by atoms with Crippen molar-refractivity contribution in [2.24, 2.45) is 17.3 Å². The van der Waals surface area contributed by atoms with E-state index in [0.717, 1.165) is 25.5 Å². The van der Waals surface area contributed by atoms with Crippen LogP contribution in [0.4, 0.5) is 0 Å². The Morgan fingerprint density at radius 1 is 1.56 bits per heavy atom. The average Bonchev–Trinajstić information content (AvgIpc) is 2.85. The van der Waals surface area contributed by atoms with Crippen LogP contribution in [0.25, 0.3) is 0 Å². The van der Waals surface area contributed by atoms with Gasteiger partial charge in [-0.1, -0.05) is 20.3 Å². The Morgan fingerprint density at radius 2 is 2.33 bits per heavy atom. The van der Waals surface area contributed by atoms with Crippen LogP contribution < -0.4 is 0 Å². The molecule has 18 heavy (non-hydrogen) atoms. The fraction of sp³-hybridized carbons (Fsp3) is 0.600. The monoisotopic (exact) mass is 248 g/mol. The Morgan fingerprint density at radius 3 is 2.94 bits per heavy atom. The molecule has 1 aromatic heterocycles. The van der Waals surface area contributed by atoms with E-state index in [-0.39, 0.29) is 23.0 Å². The summed E-state index contributed by atoms with van der Waals surface area (Å²) in [6.45, 7) is 4.33. The first-order chi connectivity index (χ1) is 8.54. The number of furan rings is 1. The summed E-state index contributed by atoms with van der Waals surface area (Å²) in [7, 11) is 0. The van der Waals surface area contributed by atoms with Crippen molar-refractivity contribution in [2.75, 3.05) is 0 Å². The number of Topliss-reactive ketones (excluding diaryl/α,β-unsaturated/α-hetero) is 1. The highest BCUT2D eigenvalue weighted by Crippen LogP contribution is 2.45. The van der Waals surface area contributed by atoms with Crippen molar-refractivity contribution in [1.82, 2.24) is 0 Å². The van der Waals surface area contributed by atoms with Crippen molar-refractivity contribution in [3.8, 4) is 0 Å². The first-order valence-electron chi connectivity index (χ1n) is 6.55. The molecule has 0 spiro atoms. The van der Waals surface area contributed by atoms with Gasteiger partial charge >= 0.3 is 0 Å². The highest BCUT2D eigenvalue weighted by Gasteiger charge is 2.39. The van der Waals surface area contributed by atoms with Gasteiger partial charge in [-0.3, -0.25) is 4.79 Å². The molecule has 0 unspecified atom stereocenters. The number of hydrogen-bond donors (Lipinski definition) is 0. The molecule has 1 heterocycles. The van der Waals surface area contributed by atoms with Gasteiger partial charge in [0, 0.05) is 12.3 Å². The van der Waals surface area contributed by atoms with Crippen LogP contribution in [0, 0.1) is 17.3 Å². The summed E-state index contributed by atoms with van der Waals surface area (Å²) in [6.07, 6.45) is 7.54.